The second-order valence-corrected chi connectivity index (χ2v) is 11.4. The van der Waals surface area contributed by atoms with E-state index < -0.39 is 6.10 Å². The van der Waals surface area contributed by atoms with Crippen LogP contribution in [0.5, 0.6) is 0 Å². The zero-order chi connectivity index (χ0) is 22.3. The lowest BCUT2D eigenvalue weighted by molar-refractivity contribution is 0.140. The molecule has 1 saturated carbocycles. The number of hydrogen-bond donors (Lipinski definition) is 2. The van der Waals surface area contributed by atoms with Gasteiger partial charge in [0, 0.05) is 24.6 Å². The minimum absolute atomic E-state index is 0.174. The molecule has 0 radical (unpaired) electrons. The van der Waals surface area contributed by atoms with Gasteiger partial charge in [-0.05, 0) is 75.3 Å². The van der Waals surface area contributed by atoms with Gasteiger partial charge in [-0.2, -0.15) is 11.8 Å². The molecule has 0 bridgehead atoms. The molecule has 32 heavy (non-hydrogen) atoms. The van der Waals surface area contributed by atoms with Crippen LogP contribution in [0.1, 0.15) is 49.7 Å². The third-order valence-electron chi connectivity index (χ3n) is 7.60. The predicted molar refractivity (Wildman–Crippen MR) is 136 cm³/mol. The molecule has 176 valence electrons. The molecule has 3 aliphatic rings. The van der Waals surface area contributed by atoms with E-state index in [2.05, 4.69) is 53.9 Å². The summed E-state index contributed by atoms with van der Waals surface area (Å²) in [4.78, 5) is 2.63. The predicted octanol–water partition coefficient (Wildman–Crippen LogP) is 5.01. The normalized spacial score (nSPS) is 29.4. The van der Waals surface area contributed by atoms with Crippen LogP contribution in [0.3, 0.4) is 0 Å². The summed E-state index contributed by atoms with van der Waals surface area (Å²) in [6.07, 6.45) is 13.7. The Morgan fingerprint density at radius 1 is 1.19 bits per heavy atom. The summed E-state index contributed by atoms with van der Waals surface area (Å²) in [6, 6.07) is 8.33. The van der Waals surface area contributed by atoms with Crippen molar-refractivity contribution in [3.63, 3.8) is 0 Å². The molecule has 1 aromatic carbocycles. The van der Waals surface area contributed by atoms with Crippen molar-refractivity contribution in [2.75, 3.05) is 31.1 Å². The van der Waals surface area contributed by atoms with Crippen LogP contribution in [0.25, 0.3) is 0 Å². The van der Waals surface area contributed by atoms with Crippen LogP contribution in [-0.2, 0) is 6.42 Å². The number of piperidine rings is 1. The number of aliphatic hydroxyl groups excluding tert-OH is 2. The summed E-state index contributed by atoms with van der Waals surface area (Å²) in [5.41, 5.74) is 3.98. The number of fused-ring (bicyclic) bond motifs is 1. The highest BCUT2D eigenvalue weighted by Crippen LogP contribution is 2.48. The number of likely N-dealkylation sites (tertiary alicyclic amines) is 1. The highest BCUT2D eigenvalue weighted by atomic mass is 32.2. The average Bonchev–Trinajstić information content (AvgIpc) is 3.29. The van der Waals surface area contributed by atoms with Gasteiger partial charge in [-0.3, -0.25) is 0 Å². The summed E-state index contributed by atoms with van der Waals surface area (Å²) < 4.78 is 0. The van der Waals surface area contributed by atoms with Gasteiger partial charge in [-0.25, -0.2) is 0 Å². The molecule has 4 heteroatoms. The molecular formula is C28H41NO2S. The minimum atomic E-state index is -0.492. The van der Waals surface area contributed by atoms with Gasteiger partial charge in [0.05, 0.1) is 12.2 Å². The van der Waals surface area contributed by atoms with Gasteiger partial charge >= 0.3 is 0 Å². The van der Waals surface area contributed by atoms with E-state index in [1.807, 2.05) is 12.1 Å². The lowest BCUT2D eigenvalue weighted by Gasteiger charge is -2.26. The van der Waals surface area contributed by atoms with Crippen LogP contribution >= 0.6 is 11.8 Å². The highest BCUT2D eigenvalue weighted by Gasteiger charge is 2.43. The molecule has 2 N–H and O–H groups in total. The second-order valence-electron chi connectivity index (χ2n) is 10.1. The topological polar surface area (TPSA) is 43.7 Å². The van der Waals surface area contributed by atoms with E-state index in [1.165, 1.54) is 62.4 Å². The number of rotatable bonds is 10. The maximum atomic E-state index is 10.6. The maximum absolute atomic E-state index is 10.6. The van der Waals surface area contributed by atoms with E-state index in [9.17, 15) is 10.2 Å². The Labute approximate surface area is 199 Å². The Morgan fingerprint density at radius 3 is 2.84 bits per heavy atom. The van der Waals surface area contributed by atoms with E-state index in [1.54, 1.807) is 5.57 Å². The third kappa shape index (κ3) is 6.72. The number of aryl methyl sites for hydroxylation is 1. The summed E-state index contributed by atoms with van der Waals surface area (Å²) in [5, 5.41) is 21.1. The van der Waals surface area contributed by atoms with E-state index in [0.717, 1.165) is 18.4 Å². The number of aliphatic hydroxyl groups is 2. The SMILES string of the molecule is Cc1cccc(C[C@H](O)/C=C/[C@@H]2[C@H]3CC(CCSCCN4CCCCC4)=C[C@H]3C[C@H]2O)c1. The molecule has 0 unspecified atom stereocenters. The van der Waals surface area contributed by atoms with Crippen LogP contribution < -0.4 is 0 Å². The van der Waals surface area contributed by atoms with Crippen molar-refractivity contribution in [1.82, 2.24) is 4.90 Å². The molecule has 0 spiro atoms. The van der Waals surface area contributed by atoms with Crippen LogP contribution in [0.4, 0.5) is 0 Å². The van der Waals surface area contributed by atoms with Crippen molar-refractivity contribution < 1.29 is 10.2 Å². The van der Waals surface area contributed by atoms with Crippen LogP contribution in [0.2, 0.25) is 0 Å². The van der Waals surface area contributed by atoms with Gasteiger partial charge in [0.1, 0.15) is 0 Å². The molecule has 5 atom stereocenters. The lowest BCUT2D eigenvalue weighted by Crippen LogP contribution is -2.31. The molecule has 2 fully saturated rings. The number of hydrogen-bond acceptors (Lipinski definition) is 4. The molecule has 1 aromatic rings. The Kier molecular flexibility index (Phi) is 8.93. The molecule has 2 aliphatic carbocycles. The summed E-state index contributed by atoms with van der Waals surface area (Å²) in [5.74, 6) is 3.68. The third-order valence-corrected chi connectivity index (χ3v) is 8.56. The van der Waals surface area contributed by atoms with Crippen LogP contribution in [0.15, 0.2) is 48.1 Å². The van der Waals surface area contributed by atoms with E-state index in [-0.39, 0.29) is 12.0 Å². The fourth-order valence-corrected chi connectivity index (χ4v) is 6.88. The first-order valence-corrected chi connectivity index (χ1v) is 13.8. The summed E-state index contributed by atoms with van der Waals surface area (Å²) in [7, 11) is 0. The first-order valence-electron chi connectivity index (χ1n) is 12.7. The van der Waals surface area contributed by atoms with Crippen molar-refractivity contribution in [3.05, 3.63) is 59.2 Å². The van der Waals surface area contributed by atoms with Gasteiger partial charge in [0.2, 0.25) is 0 Å². The number of allylic oxidation sites excluding steroid dienone is 2. The van der Waals surface area contributed by atoms with Gasteiger partial charge < -0.3 is 15.1 Å². The van der Waals surface area contributed by atoms with Gasteiger partial charge in [0.25, 0.3) is 0 Å². The standard InChI is InChI=1S/C28H41NO2S/c1-21-6-5-7-22(16-21)18-25(30)8-9-26-27-19-23(17-24(27)20-28(26)31)10-14-32-15-13-29-11-3-2-4-12-29/h5-9,16-17,24-28,30-31H,2-4,10-15,18-20H2,1H3/b9-8+/t24-,25+,26+,27-,28+/m0/s1. The summed E-state index contributed by atoms with van der Waals surface area (Å²) >= 11 is 2.10. The van der Waals surface area contributed by atoms with E-state index in [0.29, 0.717) is 18.3 Å². The second kappa shape index (κ2) is 11.9. The first kappa shape index (κ1) is 24.1. The molecule has 3 nitrogen and oxygen atoms in total. The zero-order valence-electron chi connectivity index (χ0n) is 19.7. The molecule has 0 aromatic heterocycles. The molecule has 1 aliphatic heterocycles. The number of benzene rings is 1. The fourth-order valence-electron chi connectivity index (χ4n) is 5.88. The Balaban J connectivity index is 1.19. The Morgan fingerprint density at radius 2 is 2.03 bits per heavy atom. The van der Waals surface area contributed by atoms with E-state index in [4.69, 9.17) is 0 Å². The smallest absolute Gasteiger partial charge is 0.0761 e. The largest absolute Gasteiger partial charge is 0.392 e. The maximum Gasteiger partial charge on any atom is 0.0761 e. The van der Waals surface area contributed by atoms with Crippen molar-refractivity contribution in [1.29, 1.82) is 0 Å². The first-order chi connectivity index (χ1) is 15.6. The van der Waals surface area contributed by atoms with Gasteiger partial charge in [0.15, 0.2) is 0 Å². The number of nitrogens with zero attached hydrogens (tertiary/aromatic N) is 1. The quantitative estimate of drug-likeness (QED) is 0.385. The zero-order valence-corrected chi connectivity index (χ0v) is 20.5. The summed E-state index contributed by atoms with van der Waals surface area (Å²) in [6.45, 7) is 5.93. The van der Waals surface area contributed by atoms with Crippen molar-refractivity contribution in [2.24, 2.45) is 17.8 Å². The average molecular weight is 456 g/mol. The van der Waals surface area contributed by atoms with Gasteiger partial charge in [-0.1, -0.05) is 60.1 Å². The fraction of sp³-hybridized carbons (Fsp3) is 0.643. The molecular weight excluding hydrogens is 414 g/mol. The Hall–Kier alpha value is -1.07. The van der Waals surface area contributed by atoms with Crippen LogP contribution in [0, 0.1) is 24.7 Å². The molecule has 1 heterocycles. The molecule has 1 saturated heterocycles. The van der Waals surface area contributed by atoms with Crippen LogP contribution in [-0.4, -0.2) is 58.5 Å². The molecule has 4 rings (SSSR count). The number of thioether (sulfide) groups is 1. The molecule has 0 amide bonds. The van der Waals surface area contributed by atoms with Crippen molar-refractivity contribution in [3.8, 4) is 0 Å². The Bertz CT molecular complexity index is 785. The van der Waals surface area contributed by atoms with Crippen molar-refractivity contribution >= 4 is 11.8 Å². The minimum Gasteiger partial charge on any atom is -0.392 e. The lowest BCUT2D eigenvalue weighted by atomic mass is 9.88. The monoisotopic (exact) mass is 455 g/mol. The van der Waals surface area contributed by atoms with E-state index >= 15 is 0 Å². The highest BCUT2D eigenvalue weighted by molar-refractivity contribution is 7.99. The van der Waals surface area contributed by atoms with Gasteiger partial charge in [-0.15, -0.1) is 0 Å². The van der Waals surface area contributed by atoms with Crippen molar-refractivity contribution in [2.45, 2.75) is 64.1 Å².